The van der Waals surface area contributed by atoms with E-state index in [1.54, 1.807) is 4.90 Å². The first-order valence-electron chi connectivity index (χ1n) is 7.64. The zero-order valence-electron chi connectivity index (χ0n) is 14.1. The lowest BCUT2D eigenvalue weighted by Gasteiger charge is -2.24. The van der Waals surface area contributed by atoms with Gasteiger partial charge in [0.25, 0.3) is 0 Å². The summed E-state index contributed by atoms with van der Waals surface area (Å²) in [6.07, 6.45) is 1.31. The van der Waals surface area contributed by atoms with Gasteiger partial charge in [-0.05, 0) is 12.5 Å². The molecule has 1 amide bonds. The van der Waals surface area contributed by atoms with Crippen LogP contribution in [0.25, 0.3) is 0 Å². The second kappa shape index (κ2) is 9.64. The Morgan fingerprint density at radius 3 is 2.35 bits per heavy atom. The molecule has 6 nitrogen and oxygen atoms in total. The predicted octanol–water partition coefficient (Wildman–Crippen LogP) is 1.33. The summed E-state index contributed by atoms with van der Waals surface area (Å²) >= 11 is 0. The normalized spacial score (nSPS) is 11.7. The number of methoxy groups -OCH3 is 1. The monoisotopic (exact) mass is 342 g/mol. The van der Waals surface area contributed by atoms with E-state index < -0.39 is 10.0 Å². The minimum absolute atomic E-state index is 0.0533. The fourth-order valence-corrected chi connectivity index (χ4v) is 3.02. The van der Waals surface area contributed by atoms with Gasteiger partial charge >= 0.3 is 0 Å². The van der Waals surface area contributed by atoms with Gasteiger partial charge in [-0.1, -0.05) is 30.3 Å². The standard InChI is InChI=1S/C16H26N2O4S/c1-4-17(14-15-8-6-5-7-9-15)16(19)10-11-18(12-13-22-2)23(3,20)21/h5-9H,4,10-14H2,1-3H3. The number of hydrogen-bond acceptors (Lipinski definition) is 4. The number of amides is 1. The molecule has 0 bridgehead atoms. The maximum atomic E-state index is 12.4. The van der Waals surface area contributed by atoms with Crippen LogP contribution < -0.4 is 0 Å². The van der Waals surface area contributed by atoms with Gasteiger partial charge in [-0.2, -0.15) is 4.31 Å². The highest BCUT2D eigenvalue weighted by Crippen LogP contribution is 2.07. The van der Waals surface area contributed by atoms with Crippen molar-refractivity contribution < 1.29 is 17.9 Å². The number of hydrogen-bond donors (Lipinski definition) is 0. The van der Waals surface area contributed by atoms with Crippen molar-refractivity contribution in [1.29, 1.82) is 0 Å². The predicted molar refractivity (Wildman–Crippen MR) is 90.4 cm³/mol. The summed E-state index contributed by atoms with van der Waals surface area (Å²) in [4.78, 5) is 14.1. The Balaban J connectivity index is 2.61. The molecule has 1 aromatic rings. The van der Waals surface area contributed by atoms with Crippen molar-refractivity contribution in [2.24, 2.45) is 0 Å². The van der Waals surface area contributed by atoms with E-state index in [1.165, 1.54) is 11.4 Å². The molecule has 0 radical (unpaired) electrons. The van der Waals surface area contributed by atoms with E-state index in [2.05, 4.69) is 0 Å². The molecule has 0 aliphatic carbocycles. The molecule has 0 aliphatic rings. The third-order valence-corrected chi connectivity index (χ3v) is 4.84. The van der Waals surface area contributed by atoms with Crippen LogP contribution in [-0.4, -0.2) is 63.1 Å². The smallest absolute Gasteiger partial charge is 0.224 e. The van der Waals surface area contributed by atoms with Crippen LogP contribution in [0.1, 0.15) is 18.9 Å². The topological polar surface area (TPSA) is 66.9 Å². The van der Waals surface area contributed by atoms with Gasteiger partial charge in [-0.3, -0.25) is 4.79 Å². The minimum Gasteiger partial charge on any atom is -0.383 e. The highest BCUT2D eigenvalue weighted by molar-refractivity contribution is 7.88. The summed E-state index contributed by atoms with van der Waals surface area (Å²) in [6, 6.07) is 9.74. The molecule has 130 valence electrons. The van der Waals surface area contributed by atoms with Gasteiger partial charge in [0.05, 0.1) is 12.9 Å². The van der Waals surface area contributed by atoms with Crippen LogP contribution in [0.5, 0.6) is 0 Å². The fraction of sp³-hybridized carbons (Fsp3) is 0.562. The summed E-state index contributed by atoms with van der Waals surface area (Å²) < 4.78 is 29.7. The number of benzene rings is 1. The molecular weight excluding hydrogens is 316 g/mol. The Bertz CT molecular complexity index is 575. The number of rotatable bonds is 10. The first kappa shape index (κ1) is 19.6. The average Bonchev–Trinajstić information content (AvgIpc) is 2.52. The lowest BCUT2D eigenvalue weighted by atomic mass is 10.2. The summed E-state index contributed by atoms with van der Waals surface area (Å²) in [5.41, 5.74) is 1.06. The number of carbonyl (C=O) groups is 1. The minimum atomic E-state index is -3.34. The van der Waals surface area contributed by atoms with E-state index >= 15 is 0 Å². The van der Waals surface area contributed by atoms with Crippen molar-refractivity contribution in [3.05, 3.63) is 35.9 Å². The van der Waals surface area contributed by atoms with Crippen molar-refractivity contribution in [2.75, 3.05) is 39.6 Å². The van der Waals surface area contributed by atoms with E-state index in [9.17, 15) is 13.2 Å². The Morgan fingerprint density at radius 1 is 1.17 bits per heavy atom. The molecular formula is C16H26N2O4S. The highest BCUT2D eigenvalue weighted by atomic mass is 32.2. The van der Waals surface area contributed by atoms with Crippen molar-refractivity contribution in [3.8, 4) is 0 Å². The molecule has 0 saturated carbocycles. The molecule has 0 spiro atoms. The number of carbonyl (C=O) groups excluding carboxylic acids is 1. The molecule has 0 saturated heterocycles. The average molecular weight is 342 g/mol. The fourth-order valence-electron chi connectivity index (χ4n) is 2.20. The van der Waals surface area contributed by atoms with Crippen LogP contribution in [0.4, 0.5) is 0 Å². The van der Waals surface area contributed by atoms with Gasteiger partial charge in [0.1, 0.15) is 0 Å². The third-order valence-electron chi connectivity index (χ3n) is 3.54. The van der Waals surface area contributed by atoms with Crippen molar-refractivity contribution in [2.45, 2.75) is 19.9 Å². The first-order chi connectivity index (χ1) is 10.9. The van der Waals surface area contributed by atoms with Gasteiger partial charge in [0.15, 0.2) is 0 Å². The number of nitrogens with zero attached hydrogens (tertiary/aromatic N) is 2. The summed E-state index contributed by atoms with van der Waals surface area (Å²) in [7, 11) is -1.82. The number of ether oxygens (including phenoxy) is 1. The molecule has 0 unspecified atom stereocenters. The Kier molecular flexibility index (Phi) is 8.22. The zero-order chi connectivity index (χ0) is 17.3. The number of sulfonamides is 1. The van der Waals surface area contributed by atoms with Crippen LogP contribution in [-0.2, 0) is 26.1 Å². The van der Waals surface area contributed by atoms with Gasteiger partial charge in [-0.15, -0.1) is 0 Å². The summed E-state index contributed by atoms with van der Waals surface area (Å²) in [5.74, 6) is -0.0533. The van der Waals surface area contributed by atoms with E-state index in [4.69, 9.17) is 4.74 Å². The van der Waals surface area contributed by atoms with Gasteiger partial charge < -0.3 is 9.64 Å². The molecule has 0 aromatic heterocycles. The molecule has 23 heavy (non-hydrogen) atoms. The summed E-state index contributed by atoms with van der Waals surface area (Å²) in [5, 5.41) is 0. The Morgan fingerprint density at radius 2 is 1.83 bits per heavy atom. The molecule has 0 aliphatic heterocycles. The van der Waals surface area contributed by atoms with Crippen LogP contribution in [0.15, 0.2) is 30.3 Å². The van der Waals surface area contributed by atoms with Crippen molar-refractivity contribution >= 4 is 15.9 Å². The van der Waals surface area contributed by atoms with Crippen LogP contribution >= 0.6 is 0 Å². The van der Waals surface area contributed by atoms with E-state index in [1.807, 2.05) is 37.3 Å². The molecule has 1 rings (SSSR count). The van der Waals surface area contributed by atoms with Crippen molar-refractivity contribution in [1.82, 2.24) is 9.21 Å². The van der Waals surface area contributed by atoms with Gasteiger partial charge in [0, 0.05) is 39.7 Å². The lowest BCUT2D eigenvalue weighted by molar-refractivity contribution is -0.131. The molecule has 1 aromatic carbocycles. The highest BCUT2D eigenvalue weighted by Gasteiger charge is 2.19. The third kappa shape index (κ3) is 7.11. The van der Waals surface area contributed by atoms with E-state index in [-0.39, 0.29) is 25.4 Å². The molecule has 7 heteroatoms. The van der Waals surface area contributed by atoms with E-state index in [0.717, 1.165) is 11.8 Å². The van der Waals surface area contributed by atoms with E-state index in [0.29, 0.717) is 19.7 Å². The second-order valence-electron chi connectivity index (χ2n) is 5.30. The molecule has 0 fully saturated rings. The van der Waals surface area contributed by atoms with Crippen LogP contribution in [0.2, 0.25) is 0 Å². The maximum Gasteiger partial charge on any atom is 0.224 e. The largest absolute Gasteiger partial charge is 0.383 e. The lowest BCUT2D eigenvalue weighted by Crippen LogP contribution is -2.38. The SMILES string of the molecule is CCN(Cc1ccccc1)C(=O)CCN(CCOC)S(C)(=O)=O. The zero-order valence-corrected chi connectivity index (χ0v) is 14.9. The second-order valence-corrected chi connectivity index (χ2v) is 7.28. The maximum absolute atomic E-state index is 12.4. The van der Waals surface area contributed by atoms with Crippen LogP contribution in [0.3, 0.4) is 0 Å². The van der Waals surface area contributed by atoms with Crippen molar-refractivity contribution in [3.63, 3.8) is 0 Å². The van der Waals surface area contributed by atoms with Gasteiger partial charge in [-0.25, -0.2) is 8.42 Å². The quantitative estimate of drug-likeness (QED) is 0.643. The molecule has 0 heterocycles. The van der Waals surface area contributed by atoms with Crippen LogP contribution in [0, 0.1) is 0 Å². The van der Waals surface area contributed by atoms with Gasteiger partial charge in [0.2, 0.25) is 15.9 Å². The summed E-state index contributed by atoms with van der Waals surface area (Å²) in [6.45, 7) is 3.78. The first-order valence-corrected chi connectivity index (χ1v) is 9.49. The Hall–Kier alpha value is -1.44. The Labute approximate surface area is 139 Å². The molecule has 0 atom stereocenters. The molecule has 0 N–H and O–H groups in total.